The van der Waals surface area contributed by atoms with Crippen LogP contribution < -0.4 is 10.6 Å². The zero-order valence-corrected chi connectivity index (χ0v) is 16.7. The number of allylic oxidation sites excluding steroid dienone is 1. The van der Waals surface area contributed by atoms with Crippen LogP contribution in [0.15, 0.2) is 48.7 Å². The SMILES string of the molecule is C=C(CCc1c(-c2ccc(F)cc2)[nH]c2c(F)c(F)ccc12)NC(C=O)CCNC. The molecular formula is C23H24F3N3O. The van der Waals surface area contributed by atoms with Crippen LogP contribution in [0.4, 0.5) is 13.2 Å². The number of rotatable bonds is 10. The molecule has 1 aromatic heterocycles. The summed E-state index contributed by atoms with van der Waals surface area (Å²) >= 11 is 0. The number of carbonyl (C=O) groups excluding carboxylic acids is 1. The summed E-state index contributed by atoms with van der Waals surface area (Å²) in [5.74, 6) is -2.27. The summed E-state index contributed by atoms with van der Waals surface area (Å²) < 4.78 is 41.5. The van der Waals surface area contributed by atoms with Gasteiger partial charge in [0.1, 0.15) is 12.1 Å². The number of hydrogen-bond acceptors (Lipinski definition) is 3. The van der Waals surface area contributed by atoms with E-state index in [0.717, 1.165) is 17.9 Å². The Morgan fingerprint density at radius 3 is 2.57 bits per heavy atom. The Labute approximate surface area is 173 Å². The van der Waals surface area contributed by atoms with Gasteiger partial charge < -0.3 is 20.4 Å². The van der Waals surface area contributed by atoms with Gasteiger partial charge in [0.05, 0.1) is 11.6 Å². The van der Waals surface area contributed by atoms with Gasteiger partial charge in [-0.15, -0.1) is 0 Å². The Bertz CT molecular complexity index is 1040. The second kappa shape index (κ2) is 9.63. The molecule has 3 N–H and O–H groups in total. The van der Waals surface area contributed by atoms with Crippen LogP contribution in [0.25, 0.3) is 22.2 Å². The molecule has 0 fully saturated rings. The molecule has 1 heterocycles. The molecule has 7 heteroatoms. The zero-order valence-electron chi connectivity index (χ0n) is 16.7. The van der Waals surface area contributed by atoms with Crippen molar-refractivity contribution in [2.75, 3.05) is 13.6 Å². The second-order valence-corrected chi connectivity index (χ2v) is 7.15. The van der Waals surface area contributed by atoms with Crippen molar-refractivity contribution in [3.8, 4) is 11.3 Å². The van der Waals surface area contributed by atoms with Crippen LogP contribution in [0, 0.1) is 17.5 Å². The Morgan fingerprint density at radius 2 is 1.90 bits per heavy atom. The quantitative estimate of drug-likeness (QED) is 0.429. The second-order valence-electron chi connectivity index (χ2n) is 7.15. The molecule has 0 aliphatic heterocycles. The van der Waals surface area contributed by atoms with Crippen molar-refractivity contribution in [2.24, 2.45) is 0 Å². The number of aldehydes is 1. The molecule has 0 bridgehead atoms. The highest BCUT2D eigenvalue weighted by atomic mass is 19.2. The number of nitrogens with one attached hydrogen (secondary N) is 3. The first-order valence-corrected chi connectivity index (χ1v) is 9.73. The average Bonchev–Trinajstić information content (AvgIpc) is 3.12. The highest BCUT2D eigenvalue weighted by Gasteiger charge is 2.18. The highest BCUT2D eigenvalue weighted by molar-refractivity contribution is 5.91. The molecule has 0 aliphatic rings. The Balaban J connectivity index is 1.89. The first-order valence-electron chi connectivity index (χ1n) is 9.73. The maximum Gasteiger partial charge on any atom is 0.182 e. The molecule has 0 spiro atoms. The Hall–Kier alpha value is -3.06. The summed E-state index contributed by atoms with van der Waals surface area (Å²) in [6.45, 7) is 4.68. The van der Waals surface area contributed by atoms with Gasteiger partial charge in [-0.05, 0) is 80.4 Å². The lowest BCUT2D eigenvalue weighted by molar-refractivity contribution is -0.109. The van der Waals surface area contributed by atoms with E-state index in [1.54, 1.807) is 12.1 Å². The fraction of sp³-hybridized carbons (Fsp3) is 0.261. The van der Waals surface area contributed by atoms with Gasteiger partial charge in [0, 0.05) is 16.8 Å². The normalized spacial score (nSPS) is 12.1. The standard InChI is InChI=1S/C23H24F3N3O/c1-14(28-17(13-30)11-12-27-2)3-8-18-19-9-10-20(25)21(26)23(19)29-22(18)15-4-6-16(24)7-5-15/h4-7,9-10,13,17,27-29H,1,3,8,11-12H2,2H3. The van der Waals surface area contributed by atoms with Crippen molar-refractivity contribution in [2.45, 2.75) is 25.3 Å². The van der Waals surface area contributed by atoms with E-state index in [-0.39, 0.29) is 17.4 Å². The summed E-state index contributed by atoms with van der Waals surface area (Å²) in [6, 6.07) is 8.09. The predicted molar refractivity (Wildman–Crippen MR) is 113 cm³/mol. The van der Waals surface area contributed by atoms with Crippen LogP contribution in [0.3, 0.4) is 0 Å². The predicted octanol–water partition coefficient (Wildman–Crippen LogP) is 4.47. The molecule has 0 aliphatic carbocycles. The number of H-pyrrole nitrogens is 1. The Morgan fingerprint density at radius 1 is 1.17 bits per heavy atom. The van der Waals surface area contributed by atoms with E-state index < -0.39 is 11.6 Å². The van der Waals surface area contributed by atoms with E-state index in [9.17, 15) is 18.0 Å². The fourth-order valence-electron chi connectivity index (χ4n) is 3.47. The fourth-order valence-corrected chi connectivity index (χ4v) is 3.47. The van der Waals surface area contributed by atoms with Crippen LogP contribution in [0.2, 0.25) is 0 Å². The van der Waals surface area contributed by atoms with E-state index in [4.69, 9.17) is 0 Å². The minimum atomic E-state index is -0.952. The first-order chi connectivity index (χ1) is 14.4. The molecule has 30 heavy (non-hydrogen) atoms. The molecule has 2 aromatic carbocycles. The highest BCUT2D eigenvalue weighted by Crippen LogP contribution is 2.33. The largest absolute Gasteiger partial charge is 0.379 e. The molecule has 4 nitrogen and oxygen atoms in total. The zero-order chi connectivity index (χ0) is 21.7. The third-order valence-electron chi connectivity index (χ3n) is 5.04. The number of halogens is 3. The molecule has 1 atom stereocenters. The lowest BCUT2D eigenvalue weighted by Crippen LogP contribution is -2.32. The monoisotopic (exact) mass is 415 g/mol. The van der Waals surface area contributed by atoms with Gasteiger partial charge in [-0.3, -0.25) is 0 Å². The van der Waals surface area contributed by atoms with Crippen LogP contribution in [0.5, 0.6) is 0 Å². The maximum atomic E-state index is 14.4. The van der Waals surface area contributed by atoms with Crippen molar-refractivity contribution in [3.05, 3.63) is 71.7 Å². The van der Waals surface area contributed by atoms with Gasteiger partial charge in [0.15, 0.2) is 11.6 Å². The van der Waals surface area contributed by atoms with Gasteiger partial charge in [0.25, 0.3) is 0 Å². The molecule has 0 saturated carbocycles. The molecule has 0 saturated heterocycles. The molecule has 3 rings (SSSR count). The van der Waals surface area contributed by atoms with Gasteiger partial charge in [-0.25, -0.2) is 13.2 Å². The van der Waals surface area contributed by atoms with Crippen molar-refractivity contribution in [1.29, 1.82) is 0 Å². The minimum Gasteiger partial charge on any atom is -0.379 e. The van der Waals surface area contributed by atoms with Crippen molar-refractivity contribution in [1.82, 2.24) is 15.6 Å². The summed E-state index contributed by atoms with van der Waals surface area (Å²) in [6.07, 6.45) is 2.43. The lowest BCUT2D eigenvalue weighted by Gasteiger charge is -2.16. The van der Waals surface area contributed by atoms with Gasteiger partial charge in [-0.2, -0.15) is 0 Å². The van der Waals surface area contributed by atoms with Gasteiger partial charge >= 0.3 is 0 Å². The summed E-state index contributed by atoms with van der Waals surface area (Å²) in [5, 5.41) is 6.66. The van der Waals surface area contributed by atoms with Crippen LogP contribution >= 0.6 is 0 Å². The number of aryl methyl sites for hydroxylation is 1. The van der Waals surface area contributed by atoms with E-state index in [0.29, 0.717) is 48.1 Å². The first kappa shape index (κ1) is 21.6. The number of benzene rings is 2. The number of fused-ring (bicyclic) bond motifs is 1. The van der Waals surface area contributed by atoms with Gasteiger partial charge in [0.2, 0.25) is 0 Å². The number of aromatic nitrogens is 1. The molecule has 3 aromatic rings. The lowest BCUT2D eigenvalue weighted by atomic mass is 10.00. The van der Waals surface area contributed by atoms with Gasteiger partial charge in [-0.1, -0.05) is 6.58 Å². The summed E-state index contributed by atoms with van der Waals surface area (Å²) in [4.78, 5) is 14.2. The molecule has 0 amide bonds. The topological polar surface area (TPSA) is 56.9 Å². The number of hydrogen-bond donors (Lipinski definition) is 3. The van der Waals surface area contributed by atoms with Crippen LogP contribution in [-0.4, -0.2) is 30.9 Å². The number of aromatic amines is 1. The minimum absolute atomic E-state index is 0.0719. The van der Waals surface area contributed by atoms with Crippen LogP contribution in [0.1, 0.15) is 18.4 Å². The smallest absolute Gasteiger partial charge is 0.182 e. The summed E-state index contributed by atoms with van der Waals surface area (Å²) in [5.41, 5.74) is 2.79. The third-order valence-corrected chi connectivity index (χ3v) is 5.04. The van der Waals surface area contributed by atoms with E-state index in [1.165, 1.54) is 18.2 Å². The van der Waals surface area contributed by atoms with Crippen LogP contribution in [-0.2, 0) is 11.2 Å². The van der Waals surface area contributed by atoms with E-state index >= 15 is 0 Å². The van der Waals surface area contributed by atoms with Crippen molar-refractivity contribution in [3.63, 3.8) is 0 Å². The van der Waals surface area contributed by atoms with E-state index in [1.807, 2.05) is 7.05 Å². The number of carbonyl (C=O) groups is 1. The maximum absolute atomic E-state index is 14.4. The average molecular weight is 415 g/mol. The van der Waals surface area contributed by atoms with E-state index in [2.05, 4.69) is 22.2 Å². The molecular weight excluding hydrogens is 391 g/mol. The molecule has 0 radical (unpaired) electrons. The summed E-state index contributed by atoms with van der Waals surface area (Å²) in [7, 11) is 1.81. The van der Waals surface area contributed by atoms with Crippen molar-refractivity contribution >= 4 is 17.2 Å². The molecule has 1 unspecified atom stereocenters. The third kappa shape index (κ3) is 4.74. The molecule has 158 valence electrons. The van der Waals surface area contributed by atoms with Crippen molar-refractivity contribution < 1.29 is 18.0 Å². The Kier molecular flexibility index (Phi) is 6.95.